The maximum atomic E-state index is 10.2. The van der Waals surface area contributed by atoms with Gasteiger partial charge in [0.05, 0.1) is 6.10 Å². The molecular weight excluding hydrogens is 236 g/mol. The van der Waals surface area contributed by atoms with Crippen LogP contribution in [0.5, 0.6) is 0 Å². The second-order valence-electron chi connectivity index (χ2n) is 5.42. The maximum Gasteiger partial charge on any atom is 0.105 e. The molecule has 0 aliphatic rings. The molecule has 2 atom stereocenters. The van der Waals surface area contributed by atoms with E-state index in [1.165, 1.54) is 31.2 Å². The van der Waals surface area contributed by atoms with Gasteiger partial charge in [0.25, 0.3) is 0 Å². The minimum atomic E-state index is -0.763. The second kappa shape index (κ2) is 8.34. The van der Waals surface area contributed by atoms with E-state index in [9.17, 15) is 10.2 Å². The van der Waals surface area contributed by atoms with Gasteiger partial charge in [-0.15, -0.1) is 0 Å². The van der Waals surface area contributed by atoms with Crippen LogP contribution in [0.3, 0.4) is 0 Å². The van der Waals surface area contributed by atoms with Crippen molar-refractivity contribution in [3.05, 3.63) is 34.9 Å². The van der Waals surface area contributed by atoms with Gasteiger partial charge in [-0.2, -0.15) is 0 Å². The van der Waals surface area contributed by atoms with Crippen LogP contribution in [0.1, 0.15) is 68.7 Å². The molecule has 2 unspecified atom stereocenters. The number of benzene rings is 1. The molecule has 0 radical (unpaired) electrons. The normalized spacial score (nSPS) is 14.4. The molecule has 0 aliphatic heterocycles. The van der Waals surface area contributed by atoms with E-state index in [2.05, 4.69) is 25.1 Å². The highest BCUT2D eigenvalue weighted by atomic mass is 16.3. The molecule has 1 aromatic rings. The van der Waals surface area contributed by atoms with E-state index in [-0.39, 0.29) is 0 Å². The van der Waals surface area contributed by atoms with Gasteiger partial charge in [0.1, 0.15) is 6.10 Å². The molecule has 0 aliphatic carbocycles. The third-order valence-electron chi connectivity index (χ3n) is 3.76. The monoisotopic (exact) mass is 264 g/mol. The maximum absolute atomic E-state index is 10.2. The van der Waals surface area contributed by atoms with E-state index in [1.807, 2.05) is 13.8 Å². The average molecular weight is 264 g/mol. The van der Waals surface area contributed by atoms with Gasteiger partial charge in [-0.1, -0.05) is 51.3 Å². The fourth-order valence-corrected chi connectivity index (χ4v) is 2.35. The second-order valence-corrected chi connectivity index (χ2v) is 5.42. The first-order valence-electron chi connectivity index (χ1n) is 7.55. The Morgan fingerprint density at radius 1 is 1.05 bits per heavy atom. The van der Waals surface area contributed by atoms with Gasteiger partial charge >= 0.3 is 0 Å². The summed E-state index contributed by atoms with van der Waals surface area (Å²) in [5, 5.41) is 19.9. The van der Waals surface area contributed by atoms with E-state index in [0.717, 1.165) is 17.5 Å². The Morgan fingerprint density at radius 3 is 2.42 bits per heavy atom. The van der Waals surface area contributed by atoms with E-state index in [4.69, 9.17) is 0 Å². The molecule has 1 rings (SSSR count). The Bertz CT molecular complexity index is 374. The molecule has 108 valence electrons. The molecule has 0 aromatic heterocycles. The molecular formula is C17H28O2. The molecule has 2 heteroatoms. The Hall–Kier alpha value is -0.860. The smallest absolute Gasteiger partial charge is 0.105 e. The fraction of sp³-hybridized carbons (Fsp3) is 0.647. The highest BCUT2D eigenvalue weighted by molar-refractivity contribution is 5.33. The van der Waals surface area contributed by atoms with Crippen molar-refractivity contribution in [2.45, 2.75) is 71.5 Å². The third-order valence-corrected chi connectivity index (χ3v) is 3.76. The van der Waals surface area contributed by atoms with E-state index < -0.39 is 12.2 Å². The Kier molecular flexibility index (Phi) is 7.11. The number of aryl methyl sites for hydroxylation is 2. The molecule has 0 amide bonds. The highest BCUT2D eigenvalue weighted by Crippen LogP contribution is 2.24. The van der Waals surface area contributed by atoms with Gasteiger partial charge in [-0.3, -0.25) is 0 Å². The topological polar surface area (TPSA) is 40.5 Å². The van der Waals surface area contributed by atoms with Crippen molar-refractivity contribution in [1.29, 1.82) is 0 Å². The Labute approximate surface area is 117 Å². The molecule has 2 nitrogen and oxygen atoms in total. The van der Waals surface area contributed by atoms with E-state index in [1.54, 1.807) is 0 Å². The van der Waals surface area contributed by atoms with Crippen molar-refractivity contribution in [1.82, 2.24) is 0 Å². The van der Waals surface area contributed by atoms with Gasteiger partial charge < -0.3 is 10.2 Å². The lowest BCUT2D eigenvalue weighted by atomic mass is 9.94. The lowest BCUT2D eigenvalue weighted by molar-refractivity contribution is 0.0161. The number of unbranched alkanes of at least 4 members (excludes halogenated alkanes) is 3. The minimum Gasteiger partial charge on any atom is -0.390 e. The van der Waals surface area contributed by atoms with Crippen LogP contribution >= 0.6 is 0 Å². The summed E-state index contributed by atoms with van der Waals surface area (Å²) in [5.74, 6) is 0. The Morgan fingerprint density at radius 2 is 1.79 bits per heavy atom. The number of hydrogen-bond donors (Lipinski definition) is 2. The van der Waals surface area contributed by atoms with E-state index >= 15 is 0 Å². The summed E-state index contributed by atoms with van der Waals surface area (Å²) in [6.07, 6.45) is 5.19. The summed E-state index contributed by atoms with van der Waals surface area (Å²) in [7, 11) is 0. The first-order chi connectivity index (χ1) is 9.10. The minimum absolute atomic E-state index is 0.571. The zero-order chi connectivity index (χ0) is 14.3. The highest BCUT2D eigenvalue weighted by Gasteiger charge is 2.18. The number of aliphatic hydroxyl groups is 2. The zero-order valence-corrected chi connectivity index (χ0v) is 12.5. The lowest BCUT2D eigenvalue weighted by Gasteiger charge is -2.19. The summed E-state index contributed by atoms with van der Waals surface area (Å²) < 4.78 is 0. The molecule has 0 fully saturated rings. The summed E-state index contributed by atoms with van der Waals surface area (Å²) in [6.45, 7) is 6.09. The molecule has 2 N–H and O–H groups in total. The number of rotatable bonds is 8. The zero-order valence-electron chi connectivity index (χ0n) is 12.5. The Balaban J connectivity index is 2.71. The first kappa shape index (κ1) is 16.2. The van der Waals surface area contributed by atoms with Gasteiger partial charge in [-0.05, 0) is 42.9 Å². The summed E-state index contributed by atoms with van der Waals surface area (Å²) in [5.41, 5.74) is 3.19. The molecule has 19 heavy (non-hydrogen) atoms. The largest absolute Gasteiger partial charge is 0.390 e. The van der Waals surface area contributed by atoms with Gasteiger partial charge in [-0.25, -0.2) is 0 Å². The third kappa shape index (κ3) is 4.96. The predicted octanol–water partition coefficient (Wildman–Crippen LogP) is 3.92. The summed E-state index contributed by atoms with van der Waals surface area (Å²) in [6, 6.07) is 6.25. The average Bonchev–Trinajstić information content (AvgIpc) is 2.43. The molecule has 0 saturated heterocycles. The van der Waals surface area contributed by atoms with Crippen LogP contribution in [-0.4, -0.2) is 16.3 Å². The fourth-order valence-electron chi connectivity index (χ4n) is 2.35. The molecule has 0 heterocycles. The predicted molar refractivity (Wildman–Crippen MR) is 80.3 cm³/mol. The van der Waals surface area contributed by atoms with Crippen molar-refractivity contribution in [3.8, 4) is 0 Å². The van der Waals surface area contributed by atoms with Gasteiger partial charge in [0.15, 0.2) is 0 Å². The summed E-state index contributed by atoms with van der Waals surface area (Å²) >= 11 is 0. The van der Waals surface area contributed by atoms with Crippen molar-refractivity contribution >= 4 is 0 Å². The summed E-state index contributed by atoms with van der Waals surface area (Å²) in [4.78, 5) is 0. The van der Waals surface area contributed by atoms with Gasteiger partial charge in [0.2, 0.25) is 0 Å². The lowest BCUT2D eigenvalue weighted by Crippen LogP contribution is -2.18. The van der Waals surface area contributed by atoms with Crippen LogP contribution in [0, 0.1) is 6.92 Å². The molecule has 1 aromatic carbocycles. The standard InChI is InChI=1S/C17H28O2/c1-4-6-7-8-9-14-11-10-13(3)15(12-14)17(19)16(18)5-2/h10-12,16-19H,4-9H2,1-3H3. The molecule has 0 bridgehead atoms. The van der Waals surface area contributed by atoms with Crippen LogP contribution in [0.4, 0.5) is 0 Å². The van der Waals surface area contributed by atoms with Crippen LogP contribution in [0.15, 0.2) is 18.2 Å². The molecule has 0 saturated carbocycles. The van der Waals surface area contributed by atoms with Crippen molar-refractivity contribution in [2.75, 3.05) is 0 Å². The molecule has 0 spiro atoms. The van der Waals surface area contributed by atoms with E-state index in [0.29, 0.717) is 6.42 Å². The van der Waals surface area contributed by atoms with Crippen LogP contribution in [-0.2, 0) is 6.42 Å². The number of aliphatic hydroxyl groups excluding tert-OH is 2. The SMILES string of the molecule is CCCCCCc1ccc(C)c(C(O)C(O)CC)c1. The van der Waals surface area contributed by atoms with Crippen LogP contribution in [0.2, 0.25) is 0 Å². The van der Waals surface area contributed by atoms with Crippen molar-refractivity contribution in [2.24, 2.45) is 0 Å². The van der Waals surface area contributed by atoms with Crippen LogP contribution < -0.4 is 0 Å². The van der Waals surface area contributed by atoms with Crippen molar-refractivity contribution in [3.63, 3.8) is 0 Å². The van der Waals surface area contributed by atoms with Crippen LogP contribution in [0.25, 0.3) is 0 Å². The van der Waals surface area contributed by atoms with Crippen molar-refractivity contribution < 1.29 is 10.2 Å². The first-order valence-corrected chi connectivity index (χ1v) is 7.55. The quantitative estimate of drug-likeness (QED) is 0.699. The number of hydrogen-bond acceptors (Lipinski definition) is 2. The van der Waals surface area contributed by atoms with Gasteiger partial charge in [0, 0.05) is 0 Å².